The van der Waals surface area contributed by atoms with Gasteiger partial charge in [0.15, 0.2) is 0 Å². The molecule has 0 aromatic heterocycles. The number of nitrogens with zero attached hydrogens (tertiary/aromatic N) is 1. The summed E-state index contributed by atoms with van der Waals surface area (Å²) in [6.45, 7) is 2.39. The van der Waals surface area contributed by atoms with Gasteiger partial charge in [-0.3, -0.25) is 4.90 Å². The van der Waals surface area contributed by atoms with Crippen LogP contribution in [0.1, 0.15) is 18.6 Å². The standard InChI is InChI=1S/C12H15NO3/c1-9-13(12(14)15-2)8-11(16-9)10-6-4-3-5-7-10/h3-7,9,11H,8H2,1-2H3. The van der Waals surface area contributed by atoms with E-state index in [4.69, 9.17) is 9.47 Å². The number of hydrogen-bond donors (Lipinski definition) is 0. The Morgan fingerprint density at radius 1 is 1.44 bits per heavy atom. The number of benzene rings is 1. The normalized spacial score (nSPS) is 24.5. The van der Waals surface area contributed by atoms with Gasteiger partial charge in [-0.2, -0.15) is 0 Å². The number of rotatable bonds is 1. The van der Waals surface area contributed by atoms with Crippen LogP contribution < -0.4 is 0 Å². The molecule has 1 amide bonds. The highest BCUT2D eigenvalue weighted by Crippen LogP contribution is 2.28. The summed E-state index contributed by atoms with van der Waals surface area (Å²) in [6.07, 6.45) is -0.640. The van der Waals surface area contributed by atoms with Crippen molar-refractivity contribution in [2.45, 2.75) is 19.3 Å². The molecule has 86 valence electrons. The predicted molar refractivity (Wildman–Crippen MR) is 58.8 cm³/mol. The predicted octanol–water partition coefficient (Wildman–Crippen LogP) is 2.17. The molecule has 4 heteroatoms. The molecule has 1 aromatic carbocycles. The number of methoxy groups -OCH3 is 1. The summed E-state index contributed by atoms with van der Waals surface area (Å²) in [5, 5.41) is 0. The molecule has 1 fully saturated rings. The second kappa shape index (κ2) is 4.53. The third-order valence-corrected chi connectivity index (χ3v) is 2.74. The Kier molecular flexibility index (Phi) is 3.10. The van der Waals surface area contributed by atoms with Crippen LogP contribution in [0.5, 0.6) is 0 Å². The molecule has 2 atom stereocenters. The van der Waals surface area contributed by atoms with Crippen molar-refractivity contribution >= 4 is 6.09 Å². The van der Waals surface area contributed by atoms with Gasteiger partial charge >= 0.3 is 6.09 Å². The van der Waals surface area contributed by atoms with Gasteiger partial charge in [0.1, 0.15) is 12.3 Å². The SMILES string of the molecule is COC(=O)N1CC(c2ccccc2)OC1C. The molecule has 0 aliphatic carbocycles. The molecule has 1 saturated heterocycles. The average Bonchev–Trinajstić information content (AvgIpc) is 2.71. The van der Waals surface area contributed by atoms with Crippen molar-refractivity contribution in [3.63, 3.8) is 0 Å². The summed E-state index contributed by atoms with van der Waals surface area (Å²) >= 11 is 0. The molecule has 0 saturated carbocycles. The number of hydrogen-bond acceptors (Lipinski definition) is 3. The molecule has 1 aromatic rings. The van der Waals surface area contributed by atoms with Gasteiger partial charge in [-0.1, -0.05) is 30.3 Å². The molecular weight excluding hydrogens is 206 g/mol. The molecule has 1 heterocycles. The maximum Gasteiger partial charge on any atom is 0.411 e. The maximum atomic E-state index is 11.4. The van der Waals surface area contributed by atoms with Gasteiger partial charge in [0.25, 0.3) is 0 Å². The van der Waals surface area contributed by atoms with Crippen molar-refractivity contribution in [3.8, 4) is 0 Å². The van der Waals surface area contributed by atoms with Crippen LogP contribution in [0.4, 0.5) is 4.79 Å². The van der Waals surface area contributed by atoms with Crippen molar-refractivity contribution in [1.82, 2.24) is 4.90 Å². The smallest absolute Gasteiger partial charge is 0.411 e. The lowest BCUT2D eigenvalue weighted by Crippen LogP contribution is -2.34. The Morgan fingerprint density at radius 2 is 2.12 bits per heavy atom. The van der Waals surface area contributed by atoms with Crippen LogP contribution in [0, 0.1) is 0 Å². The lowest BCUT2D eigenvalue weighted by atomic mass is 10.1. The largest absolute Gasteiger partial charge is 0.453 e. The fourth-order valence-corrected chi connectivity index (χ4v) is 1.87. The number of ether oxygens (including phenoxy) is 2. The Morgan fingerprint density at radius 3 is 2.75 bits per heavy atom. The minimum absolute atomic E-state index is 0.0599. The first-order chi connectivity index (χ1) is 7.72. The lowest BCUT2D eigenvalue weighted by Gasteiger charge is -2.16. The van der Waals surface area contributed by atoms with Crippen molar-refractivity contribution in [2.75, 3.05) is 13.7 Å². The first-order valence-electron chi connectivity index (χ1n) is 5.27. The van der Waals surface area contributed by atoms with E-state index >= 15 is 0 Å². The Balaban J connectivity index is 2.10. The van der Waals surface area contributed by atoms with E-state index in [9.17, 15) is 4.79 Å². The second-order valence-corrected chi connectivity index (χ2v) is 3.76. The molecule has 0 spiro atoms. The molecule has 2 rings (SSSR count). The summed E-state index contributed by atoms with van der Waals surface area (Å²) < 4.78 is 10.4. The zero-order valence-corrected chi connectivity index (χ0v) is 9.42. The van der Waals surface area contributed by atoms with Crippen LogP contribution in [0.2, 0.25) is 0 Å². The van der Waals surface area contributed by atoms with Gasteiger partial charge in [-0.25, -0.2) is 4.79 Å². The van der Waals surface area contributed by atoms with Gasteiger partial charge in [-0.15, -0.1) is 0 Å². The minimum Gasteiger partial charge on any atom is -0.453 e. The van der Waals surface area contributed by atoms with Crippen LogP contribution in [-0.2, 0) is 9.47 Å². The first kappa shape index (κ1) is 11.0. The van der Waals surface area contributed by atoms with Crippen LogP contribution in [0.25, 0.3) is 0 Å². The summed E-state index contributed by atoms with van der Waals surface area (Å²) in [5.41, 5.74) is 1.08. The second-order valence-electron chi connectivity index (χ2n) is 3.76. The summed E-state index contributed by atoms with van der Waals surface area (Å²) in [4.78, 5) is 13.0. The van der Waals surface area contributed by atoms with E-state index in [0.29, 0.717) is 6.54 Å². The van der Waals surface area contributed by atoms with Gasteiger partial charge in [0.05, 0.1) is 13.7 Å². The summed E-state index contributed by atoms with van der Waals surface area (Å²) in [7, 11) is 1.38. The minimum atomic E-state index is -0.342. The van der Waals surface area contributed by atoms with Crippen LogP contribution in [0.3, 0.4) is 0 Å². The molecule has 2 unspecified atom stereocenters. The van der Waals surface area contributed by atoms with Crippen molar-refractivity contribution in [3.05, 3.63) is 35.9 Å². The topological polar surface area (TPSA) is 38.8 Å². The van der Waals surface area contributed by atoms with Crippen molar-refractivity contribution in [1.29, 1.82) is 0 Å². The lowest BCUT2D eigenvalue weighted by molar-refractivity contribution is 0.0134. The van der Waals surface area contributed by atoms with Gasteiger partial charge < -0.3 is 9.47 Å². The quantitative estimate of drug-likeness (QED) is 0.729. The maximum absolute atomic E-state index is 11.4. The molecule has 1 aliphatic rings. The van der Waals surface area contributed by atoms with E-state index in [-0.39, 0.29) is 18.4 Å². The summed E-state index contributed by atoms with van der Waals surface area (Å²) in [5.74, 6) is 0. The zero-order valence-electron chi connectivity index (χ0n) is 9.42. The highest BCUT2D eigenvalue weighted by molar-refractivity contribution is 5.68. The summed E-state index contributed by atoms with van der Waals surface area (Å²) in [6, 6.07) is 9.88. The van der Waals surface area contributed by atoms with Gasteiger partial charge in [0.2, 0.25) is 0 Å². The van der Waals surface area contributed by atoms with Gasteiger partial charge in [-0.05, 0) is 12.5 Å². The Bertz CT molecular complexity index is 366. The average molecular weight is 221 g/mol. The van der Waals surface area contributed by atoms with E-state index in [1.807, 2.05) is 37.3 Å². The van der Waals surface area contributed by atoms with Crippen LogP contribution in [0.15, 0.2) is 30.3 Å². The Hall–Kier alpha value is -1.55. The Labute approximate surface area is 94.8 Å². The third-order valence-electron chi connectivity index (χ3n) is 2.74. The fraction of sp³-hybridized carbons (Fsp3) is 0.417. The molecule has 1 aliphatic heterocycles. The monoisotopic (exact) mass is 221 g/mol. The molecular formula is C12H15NO3. The molecule has 0 radical (unpaired) electrons. The van der Waals surface area contributed by atoms with Crippen molar-refractivity contribution < 1.29 is 14.3 Å². The molecule has 0 N–H and O–H groups in total. The third kappa shape index (κ3) is 2.02. The molecule has 4 nitrogen and oxygen atoms in total. The van der Waals surface area contributed by atoms with E-state index in [0.717, 1.165) is 5.56 Å². The fourth-order valence-electron chi connectivity index (χ4n) is 1.87. The molecule has 0 bridgehead atoms. The van der Waals surface area contributed by atoms with Crippen LogP contribution >= 0.6 is 0 Å². The van der Waals surface area contributed by atoms with E-state index < -0.39 is 0 Å². The number of carbonyl (C=O) groups is 1. The first-order valence-corrected chi connectivity index (χ1v) is 5.27. The highest BCUT2D eigenvalue weighted by atomic mass is 16.6. The van der Waals surface area contributed by atoms with Crippen molar-refractivity contribution in [2.24, 2.45) is 0 Å². The number of amides is 1. The highest BCUT2D eigenvalue weighted by Gasteiger charge is 2.34. The van der Waals surface area contributed by atoms with E-state index in [1.54, 1.807) is 4.90 Å². The molecule has 16 heavy (non-hydrogen) atoms. The zero-order chi connectivity index (χ0) is 11.5. The number of carbonyl (C=O) groups excluding carboxylic acids is 1. The van der Waals surface area contributed by atoms with Crippen LogP contribution in [-0.4, -0.2) is 30.9 Å². The van der Waals surface area contributed by atoms with Gasteiger partial charge in [0, 0.05) is 0 Å². The van der Waals surface area contributed by atoms with E-state index in [1.165, 1.54) is 7.11 Å². The van der Waals surface area contributed by atoms with E-state index in [2.05, 4.69) is 0 Å².